The summed E-state index contributed by atoms with van der Waals surface area (Å²) in [4.78, 5) is 19.3. The average molecular weight is 532 g/mol. The van der Waals surface area contributed by atoms with Crippen LogP contribution in [0.25, 0.3) is 0 Å². The van der Waals surface area contributed by atoms with E-state index in [1.54, 1.807) is 37.2 Å². The molecule has 1 aliphatic heterocycles. The number of aromatic nitrogens is 2. The van der Waals surface area contributed by atoms with E-state index in [1.807, 2.05) is 36.4 Å². The molecular weight excluding hydrogens is 506 g/mol. The predicted molar refractivity (Wildman–Crippen MR) is 148 cm³/mol. The summed E-state index contributed by atoms with van der Waals surface area (Å²) < 4.78 is 7.53. The number of ether oxygens (including phenoxy) is 1. The van der Waals surface area contributed by atoms with Crippen molar-refractivity contribution in [2.75, 3.05) is 18.6 Å². The van der Waals surface area contributed by atoms with Gasteiger partial charge in [-0.05, 0) is 72.9 Å². The summed E-state index contributed by atoms with van der Waals surface area (Å²) in [5.74, 6) is 0. The molecule has 1 saturated heterocycles. The Morgan fingerprint density at radius 3 is 2.43 bits per heavy atom. The van der Waals surface area contributed by atoms with Crippen LogP contribution in [0.4, 0.5) is 11.4 Å². The molecule has 37 heavy (non-hydrogen) atoms. The van der Waals surface area contributed by atoms with Crippen molar-refractivity contribution in [2.24, 2.45) is 0 Å². The van der Waals surface area contributed by atoms with Crippen molar-refractivity contribution in [3.8, 4) is 0 Å². The van der Waals surface area contributed by atoms with Crippen LogP contribution < -0.4 is 10.2 Å². The fourth-order valence-corrected chi connectivity index (χ4v) is 5.63. The van der Waals surface area contributed by atoms with E-state index in [-0.39, 0.29) is 17.8 Å². The molecule has 3 heterocycles. The molecule has 1 aliphatic rings. The normalized spacial score (nSPS) is 17.1. The fourth-order valence-electron chi connectivity index (χ4n) is 4.47. The first-order chi connectivity index (χ1) is 18.0. The molecule has 0 saturated carbocycles. The Morgan fingerprint density at radius 1 is 1.05 bits per heavy atom. The second-order valence-corrected chi connectivity index (χ2v) is 10.00. The Hall–Kier alpha value is -3.73. The van der Waals surface area contributed by atoms with Crippen molar-refractivity contribution in [3.05, 3.63) is 113 Å². The molecule has 0 bridgehead atoms. The molecule has 1 fully saturated rings. The molecule has 2 atom stereocenters. The fraction of sp³-hybridized carbons (Fsp3) is 0.185. The second kappa shape index (κ2) is 11.1. The number of rotatable bonds is 9. The minimum Gasteiger partial charge on any atom is -0.383 e. The number of anilines is 1. The summed E-state index contributed by atoms with van der Waals surface area (Å²) in [6, 6.07) is 24.6. The van der Waals surface area contributed by atoms with Crippen molar-refractivity contribution in [2.45, 2.75) is 28.4 Å². The van der Waals surface area contributed by atoms with Crippen LogP contribution in [0.1, 0.15) is 23.5 Å². The molecule has 0 aliphatic carbocycles. The maximum Gasteiger partial charge on any atom is 0.269 e. The lowest BCUT2D eigenvalue weighted by Gasteiger charge is -2.29. The van der Waals surface area contributed by atoms with Gasteiger partial charge in [-0.15, -0.1) is 0 Å². The van der Waals surface area contributed by atoms with Crippen LogP contribution in [0.5, 0.6) is 0 Å². The summed E-state index contributed by atoms with van der Waals surface area (Å²) >= 11 is 7.40. The molecule has 2 aromatic carbocycles. The van der Waals surface area contributed by atoms with Gasteiger partial charge in [0.1, 0.15) is 6.04 Å². The highest BCUT2D eigenvalue weighted by Gasteiger charge is 2.41. The molecule has 2 unspecified atom stereocenters. The third-order valence-corrected chi connectivity index (χ3v) is 7.53. The first-order valence-electron chi connectivity index (χ1n) is 11.7. The van der Waals surface area contributed by atoms with E-state index in [1.165, 1.54) is 12.1 Å². The van der Waals surface area contributed by atoms with Gasteiger partial charge in [-0.25, -0.2) is 0 Å². The van der Waals surface area contributed by atoms with Gasteiger partial charge in [0.25, 0.3) is 5.69 Å². The molecule has 188 valence electrons. The number of hydrogen-bond acceptors (Lipinski definition) is 6. The summed E-state index contributed by atoms with van der Waals surface area (Å²) in [7, 11) is 1.70. The van der Waals surface area contributed by atoms with Crippen LogP contribution in [0.2, 0.25) is 0 Å². The number of non-ortho nitro benzene ring substituents is 1. The zero-order chi connectivity index (χ0) is 25.8. The highest BCUT2D eigenvalue weighted by atomic mass is 32.2. The van der Waals surface area contributed by atoms with Crippen molar-refractivity contribution >= 4 is 40.5 Å². The van der Waals surface area contributed by atoms with Crippen LogP contribution in [0, 0.1) is 10.1 Å². The number of benzene rings is 2. The third-order valence-electron chi connectivity index (χ3n) is 6.20. The lowest BCUT2D eigenvalue weighted by molar-refractivity contribution is -0.384. The van der Waals surface area contributed by atoms with Crippen LogP contribution in [-0.2, 0) is 11.3 Å². The van der Waals surface area contributed by atoms with Gasteiger partial charge in [0.2, 0.25) is 0 Å². The van der Waals surface area contributed by atoms with Crippen molar-refractivity contribution in [1.29, 1.82) is 0 Å². The van der Waals surface area contributed by atoms with Crippen molar-refractivity contribution < 1.29 is 9.66 Å². The zero-order valence-corrected chi connectivity index (χ0v) is 21.7. The van der Waals surface area contributed by atoms with E-state index < -0.39 is 4.92 Å². The Bertz CT molecular complexity index is 1380. The van der Waals surface area contributed by atoms with Gasteiger partial charge in [0.05, 0.1) is 23.3 Å². The molecule has 8 nitrogen and oxygen atoms in total. The summed E-state index contributed by atoms with van der Waals surface area (Å²) in [5, 5.41) is 15.1. The van der Waals surface area contributed by atoms with Crippen LogP contribution in [0.3, 0.4) is 0 Å². The standard InChI is InChI=1S/C27H25N5O3S2/c1-35-18-17-30-16-4-6-24(30)26-25(23-5-2-3-15-28-23)29-27(36)31(26)19-7-11-21(12-8-19)37-22-13-9-20(10-14-22)32(33)34/h2-16,25-26H,17-18H2,1H3,(H,29,36). The topological polar surface area (TPSA) is 85.5 Å². The zero-order valence-electron chi connectivity index (χ0n) is 20.1. The molecule has 1 N–H and O–H groups in total. The van der Waals surface area contributed by atoms with Crippen LogP contribution in [-0.4, -0.2) is 33.3 Å². The number of thiocarbonyl (C=S) groups is 1. The number of nitrogens with zero attached hydrogens (tertiary/aromatic N) is 4. The smallest absolute Gasteiger partial charge is 0.269 e. The van der Waals surface area contributed by atoms with E-state index in [2.05, 4.69) is 44.2 Å². The quantitative estimate of drug-likeness (QED) is 0.166. The first kappa shape index (κ1) is 24.9. The SMILES string of the molecule is COCCn1cccc1C1C(c2ccccn2)NC(=S)N1c1ccc(Sc2ccc([N+](=O)[O-])cc2)cc1. The molecule has 10 heteroatoms. The van der Waals surface area contributed by atoms with Gasteiger partial charge < -0.3 is 19.5 Å². The van der Waals surface area contributed by atoms with E-state index >= 15 is 0 Å². The lowest BCUT2D eigenvalue weighted by Crippen LogP contribution is -2.30. The average Bonchev–Trinajstić information content (AvgIpc) is 3.52. The van der Waals surface area contributed by atoms with Crippen molar-refractivity contribution in [1.82, 2.24) is 14.9 Å². The number of methoxy groups -OCH3 is 1. The Labute approximate surface area is 224 Å². The van der Waals surface area contributed by atoms with Crippen LogP contribution in [0.15, 0.2) is 101 Å². The minimum absolute atomic E-state index is 0.0819. The largest absolute Gasteiger partial charge is 0.383 e. The molecule has 5 rings (SSSR count). The molecule has 2 aromatic heterocycles. The first-order valence-corrected chi connectivity index (χ1v) is 12.9. The molecule has 0 spiro atoms. The van der Waals surface area contributed by atoms with Gasteiger partial charge in [-0.3, -0.25) is 15.1 Å². The number of nitro benzene ring substituents is 1. The lowest BCUT2D eigenvalue weighted by atomic mass is 10.0. The summed E-state index contributed by atoms with van der Waals surface area (Å²) in [6.07, 6.45) is 3.86. The van der Waals surface area contributed by atoms with Gasteiger partial charge in [-0.2, -0.15) is 0 Å². The van der Waals surface area contributed by atoms with Crippen molar-refractivity contribution in [3.63, 3.8) is 0 Å². The van der Waals surface area contributed by atoms with Gasteiger partial charge in [0, 0.05) is 59.4 Å². The molecule has 4 aromatic rings. The van der Waals surface area contributed by atoms with Gasteiger partial charge in [0.15, 0.2) is 5.11 Å². The number of hydrogen-bond donors (Lipinski definition) is 1. The van der Waals surface area contributed by atoms with Crippen LogP contribution >= 0.6 is 24.0 Å². The Morgan fingerprint density at radius 2 is 1.78 bits per heavy atom. The van der Waals surface area contributed by atoms with E-state index in [0.29, 0.717) is 11.7 Å². The molecule has 0 amide bonds. The van der Waals surface area contributed by atoms with Gasteiger partial charge in [-0.1, -0.05) is 17.8 Å². The van der Waals surface area contributed by atoms with E-state index in [0.717, 1.165) is 33.4 Å². The Kier molecular flexibility index (Phi) is 7.50. The predicted octanol–water partition coefficient (Wildman–Crippen LogP) is 5.77. The third kappa shape index (κ3) is 5.36. The van der Waals surface area contributed by atoms with Gasteiger partial charge >= 0.3 is 0 Å². The highest BCUT2D eigenvalue weighted by Crippen LogP contribution is 2.42. The maximum absolute atomic E-state index is 10.9. The Balaban J connectivity index is 1.45. The number of pyridine rings is 1. The maximum atomic E-state index is 10.9. The van der Waals surface area contributed by atoms with E-state index in [4.69, 9.17) is 17.0 Å². The number of nitrogens with one attached hydrogen (secondary N) is 1. The highest BCUT2D eigenvalue weighted by molar-refractivity contribution is 7.99. The second-order valence-electron chi connectivity index (χ2n) is 8.46. The summed E-state index contributed by atoms with van der Waals surface area (Å²) in [6.45, 7) is 1.34. The monoisotopic (exact) mass is 531 g/mol. The minimum atomic E-state index is -0.392. The molecular formula is C27H25N5O3S2. The van der Waals surface area contributed by atoms with E-state index in [9.17, 15) is 10.1 Å². The number of nitro groups is 1. The molecule has 0 radical (unpaired) electrons. The summed E-state index contributed by atoms with van der Waals surface area (Å²) in [5.41, 5.74) is 3.08.